The lowest BCUT2D eigenvalue weighted by Gasteiger charge is -2.46. The van der Waals surface area contributed by atoms with Crippen molar-refractivity contribution in [3.05, 3.63) is 84.9 Å². The Labute approximate surface area is 382 Å². The molecule has 14 heteroatoms. The van der Waals surface area contributed by atoms with Gasteiger partial charge in [0, 0.05) is 22.5 Å². The van der Waals surface area contributed by atoms with Gasteiger partial charge >= 0.3 is 0 Å². The monoisotopic (exact) mass is 897 g/mol. The summed E-state index contributed by atoms with van der Waals surface area (Å²) in [6, 6.07) is 27.7. The van der Waals surface area contributed by atoms with Crippen LogP contribution < -0.4 is 15.4 Å². The number of hydrogen-bond donors (Lipinski definition) is 6. The maximum Gasteiger partial charge on any atom is 0.158 e. The molecule has 0 radical (unpaired) electrons. The summed E-state index contributed by atoms with van der Waals surface area (Å²) >= 11 is 0. The highest BCUT2D eigenvalue weighted by Crippen LogP contribution is 2.35. The molecule has 0 bridgehead atoms. The molecule has 0 saturated carbocycles. The lowest BCUT2D eigenvalue weighted by atomic mass is 9.97. The first-order chi connectivity index (χ1) is 31.7. The van der Waals surface area contributed by atoms with Crippen LogP contribution in [0.25, 0.3) is 33.6 Å². The van der Waals surface area contributed by atoms with Gasteiger partial charge in [0.25, 0.3) is 0 Å². The summed E-state index contributed by atoms with van der Waals surface area (Å²) in [5.74, 6) is 0.835. The number of nitrogens with zero attached hydrogens (tertiary/aromatic N) is 1. The Kier molecular flexibility index (Phi) is 16.4. The highest BCUT2D eigenvalue weighted by Gasteiger charge is 2.50. The highest BCUT2D eigenvalue weighted by atomic mass is 16.7. The molecule has 8 rings (SSSR count). The van der Waals surface area contributed by atoms with E-state index in [9.17, 15) is 20.4 Å². The van der Waals surface area contributed by atoms with Crippen molar-refractivity contribution < 1.29 is 53.6 Å². The van der Waals surface area contributed by atoms with Gasteiger partial charge in [0.1, 0.15) is 54.6 Å². The number of aromatic nitrogens is 1. The summed E-state index contributed by atoms with van der Waals surface area (Å²) in [7, 11) is 0. The van der Waals surface area contributed by atoms with Crippen LogP contribution in [0.15, 0.2) is 84.9 Å². The summed E-state index contributed by atoms with van der Waals surface area (Å²) in [4.78, 5) is 5.14. The summed E-state index contributed by atoms with van der Waals surface area (Å²) in [6.45, 7) is 7.53. The van der Waals surface area contributed by atoms with Crippen LogP contribution in [0.1, 0.15) is 85.0 Å². The smallest absolute Gasteiger partial charge is 0.158 e. The van der Waals surface area contributed by atoms with Gasteiger partial charge in [-0.3, -0.25) is 0 Å². The molecule has 65 heavy (non-hydrogen) atoms. The van der Waals surface area contributed by atoms with E-state index in [1.54, 1.807) is 0 Å². The fourth-order valence-corrected chi connectivity index (χ4v) is 8.94. The fourth-order valence-electron chi connectivity index (χ4n) is 8.94. The molecule has 4 aliphatic heterocycles. The summed E-state index contributed by atoms with van der Waals surface area (Å²) in [5.41, 5.74) is 6.61. The van der Waals surface area contributed by atoms with Gasteiger partial charge in [-0.1, -0.05) is 102 Å². The van der Waals surface area contributed by atoms with E-state index < -0.39 is 73.9 Å². The van der Waals surface area contributed by atoms with Gasteiger partial charge in [0.2, 0.25) is 0 Å². The number of nitrogens with one attached hydrogen (secondary N) is 2. The van der Waals surface area contributed by atoms with Crippen LogP contribution in [0.3, 0.4) is 0 Å². The van der Waals surface area contributed by atoms with Crippen LogP contribution >= 0.6 is 0 Å². The summed E-state index contributed by atoms with van der Waals surface area (Å²) in [5, 5.41) is 50.6. The van der Waals surface area contributed by atoms with E-state index in [1.165, 1.54) is 32.1 Å². The Balaban J connectivity index is 0.982. The number of benzene rings is 3. The largest absolute Gasteiger partial charge is 0.494 e. The zero-order valence-corrected chi connectivity index (χ0v) is 37.8. The van der Waals surface area contributed by atoms with Crippen molar-refractivity contribution in [1.29, 1.82) is 0 Å². The van der Waals surface area contributed by atoms with Crippen molar-refractivity contribution in [2.24, 2.45) is 0 Å². The fraction of sp³-hybridized carbons (Fsp3) is 0.549. The minimum absolute atomic E-state index is 0.267. The predicted molar refractivity (Wildman–Crippen MR) is 247 cm³/mol. The summed E-state index contributed by atoms with van der Waals surface area (Å²) in [6.07, 6.45) is 0.669. The molecule has 0 amide bonds. The van der Waals surface area contributed by atoms with Gasteiger partial charge < -0.3 is 64.2 Å². The Morgan fingerprint density at radius 1 is 0.523 bits per heavy atom. The van der Waals surface area contributed by atoms with E-state index in [2.05, 4.69) is 41.8 Å². The molecule has 5 heterocycles. The molecule has 4 fully saturated rings. The van der Waals surface area contributed by atoms with Crippen LogP contribution in [0.2, 0.25) is 0 Å². The normalized spacial score (nSPS) is 30.0. The average molecular weight is 898 g/mol. The SMILES string of the molecule is CCCCCCCCOc1ccc(-c2cc(-c3ccc(N[C@@H]4O[C@@H]5CO[C@H](CCC)O[C@H]5[C@H](O)[C@H]4O)cc3)nc(-c3ccc(N[C@@H]4O[C@@H]5CO[C@H](CCC)O[C@H]5[C@H](O)[C@H]4O)cc3)c2)cc1. The predicted octanol–water partition coefficient (Wildman–Crippen LogP) is 7.62. The van der Waals surface area contributed by atoms with Gasteiger partial charge in [0.15, 0.2) is 25.0 Å². The molecule has 0 unspecified atom stereocenters. The van der Waals surface area contributed by atoms with Crippen molar-refractivity contribution in [2.75, 3.05) is 30.5 Å². The number of aliphatic hydroxyl groups excluding tert-OH is 4. The molecule has 6 N–H and O–H groups in total. The molecular weight excluding hydrogens is 831 g/mol. The second-order valence-electron chi connectivity index (χ2n) is 17.7. The number of unbranched alkanes of at least 4 members (excludes halogenated alkanes) is 5. The van der Waals surface area contributed by atoms with Crippen molar-refractivity contribution in [2.45, 2.75) is 159 Å². The first kappa shape index (κ1) is 47.3. The number of hydrogen-bond acceptors (Lipinski definition) is 14. The van der Waals surface area contributed by atoms with Gasteiger partial charge in [-0.25, -0.2) is 4.98 Å². The molecule has 12 atom stereocenters. The topological polar surface area (TPSA) is 182 Å². The Morgan fingerprint density at radius 3 is 1.46 bits per heavy atom. The first-order valence-electron chi connectivity index (χ1n) is 23.8. The lowest BCUT2D eigenvalue weighted by molar-refractivity contribution is -0.322. The maximum absolute atomic E-state index is 11.0. The van der Waals surface area contributed by atoms with Crippen molar-refractivity contribution in [1.82, 2.24) is 4.98 Å². The maximum atomic E-state index is 11.0. The molecule has 4 aliphatic rings. The highest BCUT2D eigenvalue weighted by molar-refractivity contribution is 5.77. The van der Waals surface area contributed by atoms with Gasteiger partial charge in [0.05, 0.1) is 31.2 Å². The Morgan fingerprint density at radius 2 is 0.985 bits per heavy atom. The van der Waals surface area contributed by atoms with E-state index in [-0.39, 0.29) is 13.2 Å². The van der Waals surface area contributed by atoms with Crippen LogP contribution in [-0.4, -0.2) is 119 Å². The lowest BCUT2D eigenvalue weighted by Crippen LogP contribution is -2.64. The summed E-state index contributed by atoms with van der Waals surface area (Å²) < 4.78 is 41.9. The molecule has 4 aromatic rings. The molecular formula is C51H67N3O11. The van der Waals surface area contributed by atoms with E-state index >= 15 is 0 Å². The standard InChI is InChI=1S/C51H67N3O11/c1-4-7-8-9-10-11-26-59-37-24-18-31(19-25-37)34-27-38(32-14-20-35(21-15-32)52-50-46(57)44(55)48-40(62-50)29-60-42(64-48)12-5-2)54-39(28-34)33-16-22-36(23-17-33)53-51-47(58)45(56)49-41(63-51)30-61-43(65-49)13-6-3/h14-25,27-28,40-53,55-58H,4-13,26,29-30H2,1-3H3/t40-,41-,42+,43+,44-,45-,46-,47-,48-,49-,50-,51-/m1/s1. The number of aliphatic hydroxyl groups is 4. The van der Waals surface area contributed by atoms with E-state index in [4.69, 9.17) is 38.1 Å². The second-order valence-corrected chi connectivity index (χ2v) is 17.7. The third-order valence-corrected chi connectivity index (χ3v) is 12.7. The minimum Gasteiger partial charge on any atom is -0.494 e. The molecule has 0 aliphatic carbocycles. The van der Waals surface area contributed by atoms with Gasteiger partial charge in [-0.15, -0.1) is 0 Å². The second kappa shape index (κ2) is 22.5. The quantitative estimate of drug-likeness (QED) is 0.0506. The number of fused-ring (bicyclic) bond motifs is 2. The van der Waals surface area contributed by atoms with Crippen LogP contribution in [0.4, 0.5) is 11.4 Å². The van der Waals surface area contributed by atoms with Gasteiger partial charge in [-0.2, -0.15) is 0 Å². The van der Waals surface area contributed by atoms with E-state index in [0.29, 0.717) is 30.8 Å². The molecule has 1 aromatic heterocycles. The minimum atomic E-state index is -1.22. The first-order valence-corrected chi connectivity index (χ1v) is 23.8. The average Bonchev–Trinajstić information content (AvgIpc) is 3.33. The molecule has 352 valence electrons. The number of rotatable bonds is 19. The van der Waals surface area contributed by atoms with Crippen molar-refractivity contribution in [3.63, 3.8) is 0 Å². The van der Waals surface area contributed by atoms with Crippen molar-refractivity contribution >= 4 is 11.4 Å². The number of pyridine rings is 1. The van der Waals surface area contributed by atoms with Crippen LogP contribution in [0.5, 0.6) is 5.75 Å². The van der Waals surface area contributed by atoms with Crippen molar-refractivity contribution in [3.8, 4) is 39.4 Å². The Bertz CT molecular complexity index is 1960. The Hall–Kier alpha value is -4.19. The van der Waals surface area contributed by atoms with Crippen LogP contribution in [0, 0.1) is 0 Å². The third kappa shape index (κ3) is 11.7. The van der Waals surface area contributed by atoms with Gasteiger partial charge in [-0.05, 0) is 78.9 Å². The van der Waals surface area contributed by atoms with E-state index in [1.807, 2.05) is 74.5 Å². The molecule has 3 aromatic carbocycles. The molecule has 4 saturated heterocycles. The zero-order valence-electron chi connectivity index (χ0n) is 37.8. The van der Waals surface area contributed by atoms with Crippen LogP contribution in [-0.2, 0) is 28.4 Å². The number of anilines is 2. The van der Waals surface area contributed by atoms with E-state index in [0.717, 1.165) is 58.7 Å². The third-order valence-electron chi connectivity index (χ3n) is 12.7. The zero-order chi connectivity index (χ0) is 45.3. The molecule has 0 spiro atoms. The molecule has 14 nitrogen and oxygen atoms in total. The number of ether oxygens (including phenoxy) is 7.